The van der Waals surface area contributed by atoms with Gasteiger partial charge in [-0.25, -0.2) is 4.98 Å². The van der Waals surface area contributed by atoms with Crippen LogP contribution in [0.5, 0.6) is 0 Å². The maximum Gasteiger partial charge on any atom is 0.157 e. The number of fused-ring (bicyclic) bond motifs is 1. The zero-order valence-corrected chi connectivity index (χ0v) is 13.5. The highest BCUT2D eigenvalue weighted by atomic mass is 16.5. The van der Waals surface area contributed by atoms with E-state index >= 15 is 0 Å². The van der Waals surface area contributed by atoms with Crippen LogP contribution in [0.4, 0.5) is 0 Å². The lowest BCUT2D eigenvalue weighted by atomic mass is 10.2. The number of ether oxygens (including phenoxy) is 1. The first kappa shape index (κ1) is 15.9. The molecule has 0 unspecified atom stereocenters. The predicted octanol–water partition coefficient (Wildman–Crippen LogP) is 2.43. The molecule has 1 N–H and O–H groups in total. The van der Waals surface area contributed by atoms with Crippen LogP contribution in [0.15, 0.2) is 12.3 Å². The molecule has 2 heterocycles. The van der Waals surface area contributed by atoms with E-state index < -0.39 is 0 Å². The van der Waals surface area contributed by atoms with E-state index in [-0.39, 0.29) is 0 Å². The summed E-state index contributed by atoms with van der Waals surface area (Å²) in [5, 5.41) is 8.96. The predicted molar refractivity (Wildman–Crippen MR) is 85.2 cm³/mol. The summed E-state index contributed by atoms with van der Waals surface area (Å²) < 4.78 is 7.39. The summed E-state index contributed by atoms with van der Waals surface area (Å²) in [6.45, 7) is 9.82. The molecule has 5 heteroatoms. The Hall–Kier alpha value is -1.46. The van der Waals surface area contributed by atoms with Crippen LogP contribution in [0.1, 0.15) is 31.5 Å². The fourth-order valence-corrected chi connectivity index (χ4v) is 2.30. The molecule has 0 fully saturated rings. The molecular weight excluding hydrogens is 264 g/mol. The van der Waals surface area contributed by atoms with Crippen molar-refractivity contribution in [3.05, 3.63) is 23.5 Å². The van der Waals surface area contributed by atoms with Crippen LogP contribution in [0.2, 0.25) is 0 Å². The highest BCUT2D eigenvalue weighted by Gasteiger charge is 2.06. The molecule has 0 saturated heterocycles. The van der Waals surface area contributed by atoms with Gasteiger partial charge in [0.25, 0.3) is 0 Å². The van der Waals surface area contributed by atoms with Crippen molar-refractivity contribution in [2.45, 2.75) is 33.7 Å². The third kappa shape index (κ3) is 4.51. The summed E-state index contributed by atoms with van der Waals surface area (Å²) in [7, 11) is 1.93. The Kier molecular flexibility index (Phi) is 5.70. The van der Waals surface area contributed by atoms with Crippen molar-refractivity contribution in [1.29, 1.82) is 0 Å². The Morgan fingerprint density at radius 1 is 1.38 bits per heavy atom. The van der Waals surface area contributed by atoms with Crippen molar-refractivity contribution in [3.63, 3.8) is 0 Å². The minimum Gasteiger partial charge on any atom is -0.381 e. The number of nitrogens with zero attached hydrogens (tertiary/aromatic N) is 3. The molecular formula is C16H26N4O. The molecule has 21 heavy (non-hydrogen) atoms. The van der Waals surface area contributed by atoms with E-state index in [2.05, 4.69) is 35.3 Å². The molecule has 0 bridgehead atoms. The average molecular weight is 290 g/mol. The molecule has 0 saturated carbocycles. The molecule has 2 aromatic rings. The van der Waals surface area contributed by atoms with Gasteiger partial charge >= 0.3 is 0 Å². The Balaban J connectivity index is 1.75. The van der Waals surface area contributed by atoms with Gasteiger partial charge in [0, 0.05) is 38.4 Å². The Morgan fingerprint density at radius 2 is 2.19 bits per heavy atom. The van der Waals surface area contributed by atoms with Crippen molar-refractivity contribution in [3.8, 4) is 0 Å². The first-order chi connectivity index (χ1) is 10.1. The maximum absolute atomic E-state index is 5.56. The lowest BCUT2D eigenvalue weighted by Crippen LogP contribution is -2.17. The van der Waals surface area contributed by atoms with Crippen LogP contribution in [0.25, 0.3) is 11.0 Å². The van der Waals surface area contributed by atoms with Crippen LogP contribution >= 0.6 is 0 Å². The molecule has 0 radical (unpaired) electrons. The second-order valence-electron chi connectivity index (χ2n) is 5.92. The number of aromatic nitrogens is 3. The van der Waals surface area contributed by atoms with E-state index in [1.54, 1.807) is 0 Å². The van der Waals surface area contributed by atoms with Crippen molar-refractivity contribution < 1.29 is 4.74 Å². The quantitative estimate of drug-likeness (QED) is 0.759. The minimum absolute atomic E-state index is 0.610. The molecule has 5 nitrogen and oxygen atoms in total. The van der Waals surface area contributed by atoms with Crippen molar-refractivity contribution in [2.75, 3.05) is 19.8 Å². The number of rotatable bonds is 8. The first-order valence-electron chi connectivity index (χ1n) is 7.64. The van der Waals surface area contributed by atoms with Crippen LogP contribution in [-0.2, 0) is 18.3 Å². The zero-order valence-electron chi connectivity index (χ0n) is 13.5. The largest absolute Gasteiger partial charge is 0.381 e. The number of hydrogen-bond acceptors (Lipinski definition) is 4. The lowest BCUT2D eigenvalue weighted by Gasteiger charge is -2.07. The van der Waals surface area contributed by atoms with Crippen LogP contribution < -0.4 is 5.32 Å². The lowest BCUT2D eigenvalue weighted by molar-refractivity contribution is 0.108. The molecule has 0 aromatic carbocycles. The van der Waals surface area contributed by atoms with Gasteiger partial charge in [-0.1, -0.05) is 13.8 Å². The summed E-state index contributed by atoms with van der Waals surface area (Å²) in [5.74, 6) is 0.610. The molecule has 2 rings (SSSR count). The Labute approximate surface area is 126 Å². The normalized spacial score (nSPS) is 11.7. The monoisotopic (exact) mass is 290 g/mol. The van der Waals surface area contributed by atoms with Gasteiger partial charge in [-0.2, -0.15) is 5.10 Å². The van der Waals surface area contributed by atoms with E-state index in [1.165, 1.54) is 5.56 Å². The van der Waals surface area contributed by atoms with Crippen LogP contribution in [0.3, 0.4) is 0 Å². The Bertz CT molecular complexity index is 577. The number of hydrogen-bond donors (Lipinski definition) is 1. The summed E-state index contributed by atoms with van der Waals surface area (Å²) >= 11 is 0. The van der Waals surface area contributed by atoms with Crippen molar-refractivity contribution >= 4 is 11.0 Å². The van der Waals surface area contributed by atoms with Gasteiger partial charge in [0.15, 0.2) is 5.65 Å². The highest BCUT2D eigenvalue weighted by Crippen LogP contribution is 2.16. The van der Waals surface area contributed by atoms with E-state index in [0.717, 1.165) is 49.5 Å². The smallest absolute Gasteiger partial charge is 0.157 e. The average Bonchev–Trinajstić information content (AvgIpc) is 2.72. The fourth-order valence-electron chi connectivity index (χ4n) is 2.30. The second kappa shape index (κ2) is 7.52. The van der Waals surface area contributed by atoms with Crippen molar-refractivity contribution in [1.82, 2.24) is 20.1 Å². The topological polar surface area (TPSA) is 52.0 Å². The van der Waals surface area contributed by atoms with Gasteiger partial charge in [-0.3, -0.25) is 4.68 Å². The molecule has 2 aromatic heterocycles. The molecule has 0 aliphatic rings. The molecule has 0 aliphatic carbocycles. The van der Waals surface area contributed by atoms with Gasteiger partial charge < -0.3 is 10.1 Å². The third-order valence-corrected chi connectivity index (χ3v) is 3.34. The van der Waals surface area contributed by atoms with E-state index in [1.807, 2.05) is 24.9 Å². The van der Waals surface area contributed by atoms with Gasteiger partial charge in [-0.15, -0.1) is 0 Å². The fraction of sp³-hybridized carbons (Fsp3) is 0.625. The van der Waals surface area contributed by atoms with Crippen LogP contribution in [0, 0.1) is 12.8 Å². The molecule has 0 spiro atoms. The minimum atomic E-state index is 0.610. The summed E-state index contributed by atoms with van der Waals surface area (Å²) in [4.78, 5) is 4.49. The highest BCUT2D eigenvalue weighted by molar-refractivity contribution is 5.78. The standard InChI is InChI=1S/C16H26N4O/c1-12(2)11-21-7-5-6-17-9-14-8-15-13(3)19-20(4)16(15)18-10-14/h8,10,12,17H,5-7,9,11H2,1-4H3. The van der Waals surface area contributed by atoms with Gasteiger partial charge in [0.1, 0.15) is 0 Å². The number of nitrogens with one attached hydrogen (secondary N) is 1. The van der Waals surface area contributed by atoms with E-state index in [0.29, 0.717) is 5.92 Å². The summed E-state index contributed by atoms with van der Waals surface area (Å²) in [6, 6.07) is 2.17. The first-order valence-corrected chi connectivity index (χ1v) is 7.64. The van der Waals surface area contributed by atoms with Crippen LogP contribution in [-0.4, -0.2) is 34.5 Å². The number of aryl methyl sites for hydroxylation is 2. The van der Waals surface area contributed by atoms with Gasteiger partial charge in [-0.05, 0) is 37.4 Å². The van der Waals surface area contributed by atoms with E-state index in [4.69, 9.17) is 4.74 Å². The summed E-state index contributed by atoms with van der Waals surface area (Å²) in [5.41, 5.74) is 3.17. The van der Waals surface area contributed by atoms with E-state index in [9.17, 15) is 0 Å². The SMILES string of the molecule is Cc1nn(C)c2ncc(CNCCCOCC(C)C)cc12. The summed E-state index contributed by atoms with van der Waals surface area (Å²) in [6.07, 6.45) is 2.96. The number of pyridine rings is 1. The maximum atomic E-state index is 5.56. The molecule has 0 amide bonds. The van der Waals surface area contributed by atoms with Crippen molar-refractivity contribution in [2.24, 2.45) is 13.0 Å². The molecule has 116 valence electrons. The zero-order chi connectivity index (χ0) is 15.2. The third-order valence-electron chi connectivity index (χ3n) is 3.34. The molecule has 0 atom stereocenters. The molecule has 0 aliphatic heterocycles. The second-order valence-corrected chi connectivity index (χ2v) is 5.92. The Morgan fingerprint density at radius 3 is 2.95 bits per heavy atom. The van der Waals surface area contributed by atoms with Gasteiger partial charge in [0.05, 0.1) is 5.69 Å². The van der Waals surface area contributed by atoms with Gasteiger partial charge in [0.2, 0.25) is 0 Å².